The Kier molecular flexibility index (Phi) is 8.57. The molecule has 4 nitrogen and oxygen atoms in total. The van der Waals surface area contributed by atoms with Crippen LogP contribution in [0.3, 0.4) is 0 Å². The second-order valence-electron chi connectivity index (χ2n) is 7.58. The fourth-order valence-electron chi connectivity index (χ4n) is 4.03. The van der Waals surface area contributed by atoms with Crippen LogP contribution < -0.4 is 0 Å². The Morgan fingerprint density at radius 2 is 1.96 bits per heavy atom. The SMILES string of the molecule is CCCCC[C@H]1C[C@](CC2SCCS2)(C(=O)OCC)N(Cc2ccccc2)O1. The number of esters is 1. The molecule has 28 heavy (non-hydrogen) atoms. The first-order valence-corrected chi connectivity index (χ1v) is 12.7. The molecule has 0 saturated carbocycles. The largest absolute Gasteiger partial charge is 0.465 e. The van der Waals surface area contributed by atoms with Crippen LogP contribution in [-0.2, 0) is 20.9 Å². The third-order valence-electron chi connectivity index (χ3n) is 5.47. The lowest BCUT2D eigenvalue weighted by atomic mass is 9.88. The molecule has 0 radical (unpaired) electrons. The van der Waals surface area contributed by atoms with Gasteiger partial charge in [0.1, 0.15) is 5.54 Å². The lowest BCUT2D eigenvalue weighted by molar-refractivity contribution is -0.210. The molecule has 2 heterocycles. The molecule has 1 aromatic rings. The van der Waals surface area contributed by atoms with Gasteiger partial charge in [-0.2, -0.15) is 5.06 Å². The van der Waals surface area contributed by atoms with E-state index in [0.29, 0.717) is 17.7 Å². The highest BCUT2D eigenvalue weighted by atomic mass is 32.2. The molecule has 0 N–H and O–H groups in total. The number of hydroxylamine groups is 2. The van der Waals surface area contributed by atoms with E-state index in [0.717, 1.165) is 42.8 Å². The van der Waals surface area contributed by atoms with Gasteiger partial charge < -0.3 is 4.74 Å². The number of nitrogens with zero attached hydrogens (tertiary/aromatic N) is 1. The van der Waals surface area contributed by atoms with E-state index < -0.39 is 5.54 Å². The second-order valence-corrected chi connectivity index (χ2v) is 10.5. The lowest BCUT2D eigenvalue weighted by Crippen LogP contribution is -2.51. The quantitative estimate of drug-likeness (QED) is 0.377. The van der Waals surface area contributed by atoms with Crippen LogP contribution in [0.2, 0.25) is 0 Å². The van der Waals surface area contributed by atoms with Crippen molar-refractivity contribution in [1.82, 2.24) is 5.06 Å². The number of hydrogen-bond donors (Lipinski definition) is 0. The molecule has 0 aliphatic carbocycles. The molecular formula is C22H33NO3S2. The summed E-state index contributed by atoms with van der Waals surface area (Å²) in [6.45, 7) is 5.13. The van der Waals surface area contributed by atoms with Crippen LogP contribution in [0.25, 0.3) is 0 Å². The van der Waals surface area contributed by atoms with Gasteiger partial charge in [0.2, 0.25) is 0 Å². The maximum Gasteiger partial charge on any atom is 0.329 e. The van der Waals surface area contributed by atoms with Crippen molar-refractivity contribution in [1.29, 1.82) is 0 Å². The van der Waals surface area contributed by atoms with Gasteiger partial charge >= 0.3 is 5.97 Å². The zero-order valence-electron chi connectivity index (χ0n) is 17.1. The molecule has 6 heteroatoms. The number of unbranched alkanes of at least 4 members (excludes halogenated alkanes) is 2. The van der Waals surface area contributed by atoms with E-state index in [-0.39, 0.29) is 12.1 Å². The molecule has 0 spiro atoms. The third kappa shape index (κ3) is 5.47. The molecular weight excluding hydrogens is 390 g/mol. The van der Waals surface area contributed by atoms with Gasteiger partial charge in [-0.05, 0) is 25.3 Å². The summed E-state index contributed by atoms with van der Waals surface area (Å²) in [4.78, 5) is 19.7. The maximum atomic E-state index is 13.3. The molecule has 0 bridgehead atoms. The van der Waals surface area contributed by atoms with Crippen molar-refractivity contribution in [3.05, 3.63) is 35.9 Å². The minimum Gasteiger partial charge on any atom is -0.465 e. The first-order valence-electron chi connectivity index (χ1n) is 10.6. The third-order valence-corrected chi connectivity index (χ3v) is 8.50. The van der Waals surface area contributed by atoms with Crippen LogP contribution in [-0.4, -0.2) is 45.4 Å². The zero-order valence-corrected chi connectivity index (χ0v) is 18.7. The van der Waals surface area contributed by atoms with Crippen LogP contribution >= 0.6 is 23.5 Å². The number of thioether (sulfide) groups is 2. The van der Waals surface area contributed by atoms with E-state index in [4.69, 9.17) is 9.57 Å². The van der Waals surface area contributed by atoms with Crippen molar-refractivity contribution in [2.24, 2.45) is 0 Å². The van der Waals surface area contributed by atoms with Crippen LogP contribution in [0.4, 0.5) is 0 Å². The van der Waals surface area contributed by atoms with Crippen molar-refractivity contribution in [2.45, 2.75) is 75.1 Å². The normalized spacial score (nSPS) is 26.0. The predicted molar refractivity (Wildman–Crippen MR) is 118 cm³/mol. The fourth-order valence-corrected chi connectivity index (χ4v) is 7.08. The first-order chi connectivity index (χ1) is 13.7. The summed E-state index contributed by atoms with van der Waals surface area (Å²) in [5.74, 6) is 2.21. The zero-order chi connectivity index (χ0) is 19.8. The van der Waals surface area contributed by atoms with E-state index in [9.17, 15) is 4.79 Å². The molecule has 2 fully saturated rings. The van der Waals surface area contributed by atoms with Gasteiger partial charge in [-0.15, -0.1) is 23.5 Å². The van der Waals surface area contributed by atoms with Crippen LogP contribution in [0.1, 0.15) is 57.9 Å². The molecule has 0 aromatic heterocycles. The number of rotatable bonds is 10. The van der Waals surface area contributed by atoms with Gasteiger partial charge in [0.05, 0.1) is 23.8 Å². The summed E-state index contributed by atoms with van der Waals surface area (Å²) in [5, 5.41) is 1.97. The highest BCUT2D eigenvalue weighted by Crippen LogP contribution is 2.45. The van der Waals surface area contributed by atoms with Crippen molar-refractivity contribution in [2.75, 3.05) is 18.1 Å². The number of ether oxygens (including phenoxy) is 1. The van der Waals surface area contributed by atoms with E-state index >= 15 is 0 Å². The van der Waals surface area contributed by atoms with E-state index in [1.54, 1.807) is 0 Å². The molecule has 3 rings (SSSR count). The van der Waals surface area contributed by atoms with E-state index in [1.165, 1.54) is 12.8 Å². The summed E-state index contributed by atoms with van der Waals surface area (Å²) < 4.78 is 6.03. The van der Waals surface area contributed by atoms with Crippen LogP contribution in [0.15, 0.2) is 30.3 Å². The second kappa shape index (κ2) is 10.9. The van der Waals surface area contributed by atoms with Crippen molar-refractivity contribution >= 4 is 29.5 Å². The number of benzene rings is 1. The smallest absolute Gasteiger partial charge is 0.329 e. The van der Waals surface area contributed by atoms with Gasteiger partial charge in [0, 0.05) is 17.9 Å². The summed E-state index contributed by atoms with van der Waals surface area (Å²) in [7, 11) is 0. The summed E-state index contributed by atoms with van der Waals surface area (Å²) >= 11 is 3.93. The maximum absolute atomic E-state index is 13.3. The van der Waals surface area contributed by atoms with E-state index in [2.05, 4.69) is 19.1 Å². The summed E-state index contributed by atoms with van der Waals surface area (Å²) in [6, 6.07) is 10.3. The molecule has 156 valence electrons. The lowest BCUT2D eigenvalue weighted by Gasteiger charge is -2.35. The minimum absolute atomic E-state index is 0.0936. The molecule has 0 amide bonds. The number of carbonyl (C=O) groups is 1. The standard InChI is InChI=1S/C22H33NO3S2/c1-3-5-7-12-19-15-22(21(24)25-4-2,16-20-27-13-14-28-20)23(26-19)17-18-10-8-6-9-11-18/h6,8-11,19-20H,3-5,7,12-17H2,1-2H3/t19-,22-/m0/s1. The molecule has 2 aliphatic rings. The highest BCUT2D eigenvalue weighted by Gasteiger charge is 2.55. The van der Waals surface area contributed by atoms with Crippen LogP contribution in [0.5, 0.6) is 0 Å². The van der Waals surface area contributed by atoms with Crippen molar-refractivity contribution in [3.8, 4) is 0 Å². The molecule has 0 unspecified atom stereocenters. The van der Waals surface area contributed by atoms with Crippen LogP contribution in [0, 0.1) is 0 Å². The van der Waals surface area contributed by atoms with Crippen molar-refractivity contribution < 1.29 is 14.4 Å². The van der Waals surface area contributed by atoms with E-state index in [1.807, 2.05) is 53.7 Å². The molecule has 2 aliphatic heterocycles. The molecule has 1 aromatic carbocycles. The Labute approximate surface area is 178 Å². The Morgan fingerprint density at radius 3 is 2.64 bits per heavy atom. The van der Waals surface area contributed by atoms with Gasteiger partial charge in [-0.1, -0.05) is 56.5 Å². The van der Waals surface area contributed by atoms with Gasteiger partial charge in [-0.3, -0.25) is 4.84 Å². The minimum atomic E-state index is -0.683. The molecule has 2 atom stereocenters. The first kappa shape index (κ1) is 22.0. The van der Waals surface area contributed by atoms with Gasteiger partial charge in [0.15, 0.2) is 0 Å². The predicted octanol–water partition coefficient (Wildman–Crippen LogP) is 5.27. The average molecular weight is 424 g/mol. The Hall–Kier alpha value is -0.690. The monoisotopic (exact) mass is 423 g/mol. The number of carbonyl (C=O) groups excluding carboxylic acids is 1. The fraction of sp³-hybridized carbons (Fsp3) is 0.682. The Bertz CT molecular complexity index is 609. The topological polar surface area (TPSA) is 38.8 Å². The Morgan fingerprint density at radius 1 is 1.21 bits per heavy atom. The summed E-state index contributed by atoms with van der Waals surface area (Å²) in [5.41, 5.74) is 0.481. The van der Waals surface area contributed by atoms with Gasteiger partial charge in [-0.25, -0.2) is 4.79 Å². The molecule has 2 saturated heterocycles. The summed E-state index contributed by atoms with van der Waals surface area (Å²) in [6.07, 6.45) is 6.17. The number of hydrogen-bond acceptors (Lipinski definition) is 6. The Balaban J connectivity index is 1.83. The highest BCUT2D eigenvalue weighted by molar-refractivity contribution is 8.20. The average Bonchev–Trinajstić information content (AvgIpc) is 3.32. The van der Waals surface area contributed by atoms with Gasteiger partial charge in [0.25, 0.3) is 0 Å². The van der Waals surface area contributed by atoms with Crippen molar-refractivity contribution in [3.63, 3.8) is 0 Å².